The maximum absolute atomic E-state index is 13.5. The molecule has 8 heteroatoms. The van der Waals surface area contributed by atoms with Crippen molar-refractivity contribution in [3.05, 3.63) is 64.4 Å². The van der Waals surface area contributed by atoms with Gasteiger partial charge in [0.05, 0.1) is 12.3 Å². The summed E-state index contributed by atoms with van der Waals surface area (Å²) >= 11 is 6.04. The summed E-state index contributed by atoms with van der Waals surface area (Å²) in [7, 11) is -3.74. The first-order valence-electron chi connectivity index (χ1n) is 8.40. The molecule has 0 radical (unpaired) electrons. The van der Waals surface area contributed by atoms with Crippen LogP contribution in [0.5, 0.6) is 5.75 Å². The monoisotopic (exact) mass is 413 g/mol. The highest BCUT2D eigenvalue weighted by molar-refractivity contribution is 7.87. The maximum atomic E-state index is 13.5. The first kappa shape index (κ1) is 21.2. The van der Waals surface area contributed by atoms with Crippen LogP contribution in [0, 0.1) is 5.82 Å². The standard InChI is InChI=1S/C19H21ClFNO4S/c1-4-27(24,25)26-18-9-8-16(20)10-15(18)12-22(13(2)3)19(23)14-6-5-7-17(21)11-14/h5-11,13H,4,12H2,1-3H3. The first-order valence-corrected chi connectivity index (χ1v) is 10.4. The fraction of sp³-hybridized carbons (Fsp3) is 0.316. The van der Waals surface area contributed by atoms with Crippen LogP contribution in [0.25, 0.3) is 0 Å². The summed E-state index contributed by atoms with van der Waals surface area (Å²) in [6.45, 7) is 5.15. The van der Waals surface area contributed by atoms with E-state index in [1.54, 1.807) is 6.07 Å². The second-order valence-electron chi connectivity index (χ2n) is 6.22. The molecule has 0 N–H and O–H groups in total. The van der Waals surface area contributed by atoms with E-state index in [2.05, 4.69) is 0 Å². The molecule has 2 aromatic carbocycles. The molecule has 0 unspecified atom stereocenters. The lowest BCUT2D eigenvalue weighted by molar-refractivity contribution is 0.0689. The van der Waals surface area contributed by atoms with E-state index < -0.39 is 15.9 Å². The highest BCUT2D eigenvalue weighted by atomic mass is 35.5. The van der Waals surface area contributed by atoms with Crippen molar-refractivity contribution < 1.29 is 21.8 Å². The van der Waals surface area contributed by atoms with Gasteiger partial charge in [0.25, 0.3) is 5.91 Å². The number of carbonyl (C=O) groups is 1. The predicted molar refractivity (Wildman–Crippen MR) is 103 cm³/mol. The summed E-state index contributed by atoms with van der Waals surface area (Å²) in [5.74, 6) is -0.969. The van der Waals surface area contributed by atoms with Gasteiger partial charge in [-0.3, -0.25) is 4.79 Å². The first-order chi connectivity index (χ1) is 12.6. The summed E-state index contributed by atoms with van der Waals surface area (Å²) in [5.41, 5.74) is 0.646. The zero-order chi connectivity index (χ0) is 20.2. The van der Waals surface area contributed by atoms with Crippen LogP contribution in [-0.4, -0.2) is 31.0 Å². The molecule has 0 heterocycles. The van der Waals surface area contributed by atoms with Gasteiger partial charge in [-0.15, -0.1) is 0 Å². The van der Waals surface area contributed by atoms with Crippen LogP contribution in [0.15, 0.2) is 42.5 Å². The molecule has 2 rings (SSSR count). The Morgan fingerprint density at radius 2 is 1.93 bits per heavy atom. The second-order valence-corrected chi connectivity index (χ2v) is 8.51. The van der Waals surface area contributed by atoms with Crippen molar-refractivity contribution in [2.75, 3.05) is 5.75 Å². The molecule has 0 saturated heterocycles. The Hall–Kier alpha value is -2.12. The van der Waals surface area contributed by atoms with E-state index in [9.17, 15) is 17.6 Å². The lowest BCUT2D eigenvalue weighted by atomic mass is 10.1. The molecule has 1 amide bonds. The summed E-state index contributed by atoms with van der Waals surface area (Å²) in [6, 6.07) is 9.70. The topological polar surface area (TPSA) is 63.7 Å². The van der Waals surface area contributed by atoms with Crippen LogP contribution < -0.4 is 4.18 Å². The quantitative estimate of drug-likeness (QED) is 0.636. The number of hydrogen-bond donors (Lipinski definition) is 0. The van der Waals surface area contributed by atoms with Crippen molar-refractivity contribution >= 4 is 27.6 Å². The Morgan fingerprint density at radius 3 is 2.52 bits per heavy atom. The van der Waals surface area contributed by atoms with E-state index in [-0.39, 0.29) is 35.6 Å². The predicted octanol–water partition coefficient (Wildman–Crippen LogP) is 4.26. The number of amides is 1. The number of rotatable bonds is 7. The van der Waals surface area contributed by atoms with Gasteiger partial charge >= 0.3 is 10.1 Å². The van der Waals surface area contributed by atoms with E-state index in [0.29, 0.717) is 10.6 Å². The number of benzene rings is 2. The molecule has 0 aromatic heterocycles. The van der Waals surface area contributed by atoms with Crippen molar-refractivity contribution in [2.45, 2.75) is 33.4 Å². The number of hydrogen-bond acceptors (Lipinski definition) is 4. The van der Waals surface area contributed by atoms with E-state index in [1.807, 2.05) is 13.8 Å². The molecule has 0 spiro atoms. The minimum atomic E-state index is -3.74. The molecule has 0 aliphatic rings. The molecule has 2 aromatic rings. The third-order valence-electron chi connectivity index (χ3n) is 3.89. The minimum Gasteiger partial charge on any atom is -0.382 e. The average Bonchev–Trinajstić information content (AvgIpc) is 2.60. The molecule has 0 fully saturated rings. The minimum absolute atomic E-state index is 0.0577. The smallest absolute Gasteiger partial charge is 0.308 e. The SMILES string of the molecule is CCS(=O)(=O)Oc1ccc(Cl)cc1CN(C(=O)c1cccc(F)c1)C(C)C. The molecule has 5 nitrogen and oxygen atoms in total. The van der Waals surface area contributed by atoms with Gasteiger partial charge in [-0.1, -0.05) is 17.7 Å². The Morgan fingerprint density at radius 1 is 1.22 bits per heavy atom. The van der Waals surface area contributed by atoms with Gasteiger partial charge in [0.15, 0.2) is 0 Å². The summed E-state index contributed by atoms with van der Waals surface area (Å²) in [6.07, 6.45) is 0. The normalized spacial score (nSPS) is 11.5. The fourth-order valence-corrected chi connectivity index (χ4v) is 3.16. The molecule has 0 aliphatic heterocycles. The van der Waals surface area contributed by atoms with Gasteiger partial charge in [0.1, 0.15) is 11.6 Å². The number of halogens is 2. The van der Waals surface area contributed by atoms with Crippen molar-refractivity contribution in [1.82, 2.24) is 4.90 Å². The van der Waals surface area contributed by atoms with E-state index in [0.717, 1.165) is 6.07 Å². The van der Waals surface area contributed by atoms with Crippen LogP contribution >= 0.6 is 11.6 Å². The maximum Gasteiger partial charge on any atom is 0.308 e. The molecule has 0 saturated carbocycles. The van der Waals surface area contributed by atoms with Crippen molar-refractivity contribution in [2.24, 2.45) is 0 Å². The van der Waals surface area contributed by atoms with Gasteiger partial charge < -0.3 is 9.08 Å². The van der Waals surface area contributed by atoms with Crippen LogP contribution in [0.4, 0.5) is 4.39 Å². The summed E-state index contributed by atoms with van der Waals surface area (Å²) < 4.78 is 42.3. The molecule has 27 heavy (non-hydrogen) atoms. The fourth-order valence-electron chi connectivity index (χ4n) is 2.41. The van der Waals surface area contributed by atoms with Gasteiger partial charge in [-0.25, -0.2) is 4.39 Å². The lowest BCUT2D eigenvalue weighted by Crippen LogP contribution is -2.36. The molecule has 0 atom stereocenters. The number of carbonyl (C=O) groups excluding carboxylic acids is 1. The highest BCUT2D eigenvalue weighted by Gasteiger charge is 2.22. The molecular formula is C19H21ClFNO4S. The van der Waals surface area contributed by atoms with Crippen LogP contribution in [0.1, 0.15) is 36.7 Å². The lowest BCUT2D eigenvalue weighted by Gasteiger charge is -2.28. The summed E-state index contributed by atoms with van der Waals surface area (Å²) in [5, 5.41) is 0.383. The highest BCUT2D eigenvalue weighted by Crippen LogP contribution is 2.27. The van der Waals surface area contributed by atoms with Crippen LogP contribution in [0.2, 0.25) is 5.02 Å². The average molecular weight is 414 g/mol. The summed E-state index contributed by atoms with van der Waals surface area (Å²) in [4.78, 5) is 14.3. The van der Waals surface area contributed by atoms with E-state index >= 15 is 0 Å². The number of nitrogens with zero attached hydrogens (tertiary/aromatic N) is 1. The third kappa shape index (κ3) is 5.68. The van der Waals surface area contributed by atoms with Gasteiger partial charge in [-0.05, 0) is 57.2 Å². The zero-order valence-electron chi connectivity index (χ0n) is 15.3. The van der Waals surface area contributed by atoms with Gasteiger partial charge in [0.2, 0.25) is 0 Å². The Kier molecular flexibility index (Phi) is 6.84. The van der Waals surface area contributed by atoms with Crippen LogP contribution in [0.3, 0.4) is 0 Å². The molecule has 0 bridgehead atoms. The Bertz CT molecular complexity index is 931. The molecule has 146 valence electrons. The van der Waals surface area contributed by atoms with Crippen molar-refractivity contribution in [3.63, 3.8) is 0 Å². The second kappa shape index (κ2) is 8.71. The molecular weight excluding hydrogens is 393 g/mol. The van der Waals surface area contributed by atoms with Crippen LogP contribution in [-0.2, 0) is 16.7 Å². The third-order valence-corrected chi connectivity index (χ3v) is 5.26. The van der Waals surface area contributed by atoms with Crippen molar-refractivity contribution in [3.8, 4) is 5.75 Å². The van der Waals surface area contributed by atoms with Gasteiger partial charge in [0, 0.05) is 22.2 Å². The van der Waals surface area contributed by atoms with Gasteiger partial charge in [-0.2, -0.15) is 8.42 Å². The van der Waals surface area contributed by atoms with Crippen molar-refractivity contribution in [1.29, 1.82) is 0 Å². The Labute approximate surface area is 163 Å². The zero-order valence-corrected chi connectivity index (χ0v) is 16.8. The molecule has 0 aliphatic carbocycles. The largest absolute Gasteiger partial charge is 0.382 e. The Balaban J connectivity index is 2.39. The van der Waals surface area contributed by atoms with E-state index in [1.165, 1.54) is 42.2 Å². The van der Waals surface area contributed by atoms with E-state index in [4.69, 9.17) is 15.8 Å².